The number of rotatable bonds is 3. The van der Waals surface area contributed by atoms with Crippen LogP contribution in [-0.2, 0) is 12.8 Å². The minimum absolute atomic E-state index is 0.0334. The lowest BCUT2D eigenvalue weighted by molar-refractivity contribution is 0.0952. The fourth-order valence-electron chi connectivity index (χ4n) is 2.85. The molecule has 2 nitrogen and oxygen atoms in total. The van der Waals surface area contributed by atoms with Crippen molar-refractivity contribution in [3.63, 3.8) is 0 Å². The van der Waals surface area contributed by atoms with Crippen LogP contribution in [-0.4, -0.2) is 10.8 Å². The van der Waals surface area contributed by atoms with Crippen LogP contribution in [0.15, 0.2) is 29.8 Å². The van der Waals surface area contributed by atoms with Crippen LogP contribution in [0.2, 0.25) is 0 Å². The number of ketones is 1. The molecule has 3 rings (SSSR count). The summed E-state index contributed by atoms with van der Waals surface area (Å²) in [6.45, 7) is 2.10. The summed E-state index contributed by atoms with van der Waals surface area (Å²) in [4.78, 5) is 18.2. The van der Waals surface area contributed by atoms with Gasteiger partial charge in [0.2, 0.25) is 0 Å². The lowest BCUT2D eigenvalue weighted by atomic mass is 9.83. The molecule has 2 heterocycles. The van der Waals surface area contributed by atoms with Crippen molar-refractivity contribution in [2.75, 3.05) is 0 Å². The minimum Gasteiger partial charge on any atom is -0.293 e. The summed E-state index contributed by atoms with van der Waals surface area (Å²) in [6.07, 6.45) is 5.80. The first-order valence-corrected chi connectivity index (χ1v) is 7.73. The maximum atomic E-state index is 12.8. The highest BCUT2D eigenvalue weighted by atomic mass is 32.1. The highest BCUT2D eigenvalue weighted by Gasteiger charge is 2.29. The molecule has 0 amide bonds. The summed E-state index contributed by atoms with van der Waals surface area (Å²) in [5, 5.41) is 2.02. The summed E-state index contributed by atoms with van der Waals surface area (Å²) in [5.41, 5.74) is 3.44. The van der Waals surface area contributed by atoms with Crippen LogP contribution in [0.4, 0.5) is 0 Å². The molecular formula is C16H17NOS. The fourth-order valence-corrected chi connectivity index (χ4v) is 3.84. The second-order valence-electron chi connectivity index (χ2n) is 4.99. The van der Waals surface area contributed by atoms with Crippen molar-refractivity contribution in [1.82, 2.24) is 4.98 Å². The first kappa shape index (κ1) is 12.5. The van der Waals surface area contributed by atoms with Gasteiger partial charge in [-0.15, -0.1) is 11.3 Å². The second kappa shape index (κ2) is 5.25. The number of hydrogen-bond acceptors (Lipinski definition) is 3. The molecule has 1 atom stereocenters. The number of carbonyl (C=O) groups excluding carboxylic acids is 1. The van der Waals surface area contributed by atoms with Crippen LogP contribution < -0.4 is 0 Å². The third kappa shape index (κ3) is 2.23. The molecule has 2 aromatic rings. The van der Waals surface area contributed by atoms with Gasteiger partial charge in [0.1, 0.15) is 0 Å². The molecule has 0 aliphatic heterocycles. The van der Waals surface area contributed by atoms with Crippen molar-refractivity contribution in [3.05, 3.63) is 51.5 Å². The number of fused-ring (bicyclic) bond motifs is 1. The van der Waals surface area contributed by atoms with Crippen LogP contribution in [0, 0.1) is 0 Å². The predicted octanol–water partition coefficient (Wildman–Crippen LogP) is 4.01. The molecule has 3 heteroatoms. The van der Waals surface area contributed by atoms with Crippen LogP contribution in [0.1, 0.15) is 52.2 Å². The molecule has 0 N–H and O–H groups in total. The zero-order chi connectivity index (χ0) is 13.2. The van der Waals surface area contributed by atoms with Gasteiger partial charge in [-0.05, 0) is 54.3 Å². The van der Waals surface area contributed by atoms with Gasteiger partial charge in [0.05, 0.1) is 16.5 Å². The third-order valence-electron chi connectivity index (χ3n) is 3.86. The molecule has 0 saturated heterocycles. The Kier molecular flexibility index (Phi) is 3.47. The van der Waals surface area contributed by atoms with Crippen molar-refractivity contribution in [3.8, 4) is 0 Å². The maximum Gasteiger partial charge on any atom is 0.182 e. The first-order chi connectivity index (χ1) is 9.31. The molecule has 0 bridgehead atoms. The predicted molar refractivity (Wildman–Crippen MR) is 77.9 cm³/mol. The number of carbonyl (C=O) groups is 1. The van der Waals surface area contributed by atoms with Crippen molar-refractivity contribution in [1.29, 1.82) is 0 Å². The molecular weight excluding hydrogens is 254 g/mol. The Labute approximate surface area is 117 Å². The average Bonchev–Trinajstić information content (AvgIpc) is 2.94. The van der Waals surface area contributed by atoms with E-state index in [2.05, 4.69) is 24.0 Å². The van der Waals surface area contributed by atoms with E-state index in [0.29, 0.717) is 0 Å². The summed E-state index contributed by atoms with van der Waals surface area (Å²) in [7, 11) is 0. The van der Waals surface area contributed by atoms with Gasteiger partial charge in [-0.25, -0.2) is 0 Å². The van der Waals surface area contributed by atoms with Crippen LogP contribution >= 0.6 is 11.3 Å². The van der Waals surface area contributed by atoms with Crippen molar-refractivity contribution in [2.24, 2.45) is 0 Å². The van der Waals surface area contributed by atoms with E-state index in [1.807, 2.05) is 11.4 Å². The van der Waals surface area contributed by atoms with Gasteiger partial charge >= 0.3 is 0 Å². The van der Waals surface area contributed by atoms with Gasteiger partial charge in [0, 0.05) is 6.20 Å². The maximum absolute atomic E-state index is 12.8. The average molecular weight is 271 g/mol. The van der Waals surface area contributed by atoms with Crippen LogP contribution in [0.3, 0.4) is 0 Å². The highest BCUT2D eigenvalue weighted by Crippen LogP contribution is 2.34. The lowest BCUT2D eigenvalue weighted by Crippen LogP contribution is -2.20. The van der Waals surface area contributed by atoms with Crippen molar-refractivity contribution in [2.45, 2.75) is 38.5 Å². The summed E-state index contributed by atoms with van der Waals surface area (Å²) in [6, 6.07) is 6.14. The molecule has 19 heavy (non-hydrogen) atoms. The quantitative estimate of drug-likeness (QED) is 0.790. The van der Waals surface area contributed by atoms with Gasteiger partial charge < -0.3 is 0 Å². The zero-order valence-electron chi connectivity index (χ0n) is 11.1. The standard InChI is InChI=1S/C16H17NOS/c1-2-11-8-10-19-16(11)15(18)13-7-3-5-12-6-4-9-17-14(12)13/h4,6,8-10,13H,2-3,5,7H2,1H3. The summed E-state index contributed by atoms with van der Waals surface area (Å²) < 4.78 is 0. The van der Waals surface area contributed by atoms with Crippen LogP contribution in [0.25, 0.3) is 0 Å². The van der Waals surface area contributed by atoms with Gasteiger partial charge in [-0.1, -0.05) is 13.0 Å². The molecule has 1 unspecified atom stereocenters. The van der Waals surface area contributed by atoms with E-state index in [-0.39, 0.29) is 11.7 Å². The Balaban J connectivity index is 1.98. The van der Waals surface area contributed by atoms with E-state index < -0.39 is 0 Å². The fraction of sp³-hybridized carbons (Fsp3) is 0.375. The van der Waals surface area contributed by atoms with Crippen molar-refractivity contribution < 1.29 is 4.79 Å². The van der Waals surface area contributed by atoms with E-state index in [9.17, 15) is 4.79 Å². The lowest BCUT2D eigenvalue weighted by Gasteiger charge is -2.23. The van der Waals surface area contributed by atoms with E-state index >= 15 is 0 Å². The number of Topliss-reactive ketones (excluding diaryl/α,β-unsaturated/α-hetero) is 1. The smallest absolute Gasteiger partial charge is 0.182 e. The molecule has 1 aliphatic rings. The van der Waals surface area contributed by atoms with Gasteiger partial charge in [-0.2, -0.15) is 0 Å². The monoisotopic (exact) mass is 271 g/mol. The van der Waals surface area contributed by atoms with E-state index in [1.165, 1.54) is 11.1 Å². The molecule has 0 fully saturated rings. The highest BCUT2D eigenvalue weighted by molar-refractivity contribution is 7.12. The minimum atomic E-state index is -0.0334. The zero-order valence-corrected chi connectivity index (χ0v) is 11.9. The molecule has 2 aromatic heterocycles. The number of hydrogen-bond donors (Lipinski definition) is 0. The molecule has 0 aromatic carbocycles. The molecule has 98 valence electrons. The molecule has 0 radical (unpaired) electrons. The van der Waals surface area contributed by atoms with E-state index in [0.717, 1.165) is 36.3 Å². The number of aromatic nitrogens is 1. The van der Waals surface area contributed by atoms with E-state index in [4.69, 9.17) is 0 Å². The normalized spacial score (nSPS) is 18.1. The van der Waals surface area contributed by atoms with Gasteiger partial charge in [0.15, 0.2) is 5.78 Å². The molecule has 1 aliphatic carbocycles. The van der Waals surface area contributed by atoms with Crippen LogP contribution in [0.5, 0.6) is 0 Å². The molecule has 0 saturated carbocycles. The topological polar surface area (TPSA) is 30.0 Å². The Hall–Kier alpha value is -1.48. The Bertz CT molecular complexity index is 602. The van der Waals surface area contributed by atoms with Gasteiger partial charge in [-0.3, -0.25) is 9.78 Å². The Morgan fingerprint density at radius 3 is 3.21 bits per heavy atom. The Morgan fingerprint density at radius 2 is 2.37 bits per heavy atom. The number of nitrogens with zero attached hydrogens (tertiary/aromatic N) is 1. The summed E-state index contributed by atoms with van der Waals surface area (Å²) in [5.74, 6) is 0.236. The van der Waals surface area contributed by atoms with Crippen molar-refractivity contribution >= 4 is 17.1 Å². The largest absolute Gasteiger partial charge is 0.293 e. The Morgan fingerprint density at radius 1 is 1.47 bits per heavy atom. The number of aryl methyl sites for hydroxylation is 2. The summed E-state index contributed by atoms with van der Waals surface area (Å²) >= 11 is 1.57. The third-order valence-corrected chi connectivity index (χ3v) is 4.83. The SMILES string of the molecule is CCc1ccsc1C(=O)C1CCCc2cccnc21. The molecule has 0 spiro atoms. The second-order valence-corrected chi connectivity index (χ2v) is 5.90. The first-order valence-electron chi connectivity index (χ1n) is 6.85. The number of pyridine rings is 1. The van der Waals surface area contributed by atoms with E-state index in [1.54, 1.807) is 17.5 Å². The number of thiophene rings is 1. The van der Waals surface area contributed by atoms with Gasteiger partial charge in [0.25, 0.3) is 0 Å².